The second kappa shape index (κ2) is 5.85. The fourth-order valence-corrected chi connectivity index (χ4v) is 2.85. The summed E-state index contributed by atoms with van der Waals surface area (Å²) in [6.07, 6.45) is 0. The van der Waals surface area contributed by atoms with E-state index >= 15 is 0 Å². The van der Waals surface area contributed by atoms with Gasteiger partial charge >= 0.3 is 5.97 Å². The molecule has 4 nitrogen and oxygen atoms in total. The predicted molar refractivity (Wildman–Crippen MR) is 82.5 cm³/mol. The van der Waals surface area contributed by atoms with Crippen LogP contribution in [0, 0.1) is 11.2 Å². The number of hydrogen-bond donors (Lipinski definition) is 1. The SMILES string of the molecule is CC(C)(C)Cn1c(SCC(=O)O)nc2cc(Cl)c(F)cc21. The van der Waals surface area contributed by atoms with Gasteiger partial charge in [0.2, 0.25) is 0 Å². The van der Waals surface area contributed by atoms with Crippen molar-refractivity contribution in [2.24, 2.45) is 5.41 Å². The van der Waals surface area contributed by atoms with Crippen molar-refractivity contribution in [3.8, 4) is 0 Å². The standard InChI is InChI=1S/C14H16ClFN2O2S/c1-14(2,3)7-18-11-5-9(16)8(15)4-10(11)17-13(18)21-6-12(19)20/h4-5H,6-7H2,1-3H3,(H,19,20). The molecule has 1 aromatic carbocycles. The summed E-state index contributed by atoms with van der Waals surface area (Å²) in [7, 11) is 0. The van der Waals surface area contributed by atoms with Gasteiger partial charge in [0, 0.05) is 12.6 Å². The highest BCUT2D eigenvalue weighted by Crippen LogP contribution is 2.30. The van der Waals surface area contributed by atoms with E-state index in [-0.39, 0.29) is 16.2 Å². The van der Waals surface area contributed by atoms with Crippen LogP contribution in [0.4, 0.5) is 4.39 Å². The monoisotopic (exact) mass is 330 g/mol. The number of fused-ring (bicyclic) bond motifs is 1. The molecule has 1 N–H and O–H groups in total. The van der Waals surface area contributed by atoms with Crippen LogP contribution in [-0.4, -0.2) is 26.4 Å². The van der Waals surface area contributed by atoms with Gasteiger partial charge in [0.25, 0.3) is 0 Å². The molecule has 0 aliphatic heterocycles. The number of benzene rings is 1. The van der Waals surface area contributed by atoms with Crippen molar-refractivity contribution in [2.75, 3.05) is 5.75 Å². The Morgan fingerprint density at radius 3 is 2.71 bits per heavy atom. The molecule has 0 spiro atoms. The zero-order valence-corrected chi connectivity index (χ0v) is 13.6. The van der Waals surface area contributed by atoms with E-state index in [2.05, 4.69) is 25.8 Å². The molecule has 21 heavy (non-hydrogen) atoms. The number of nitrogens with zero attached hydrogens (tertiary/aromatic N) is 2. The molecule has 2 aromatic rings. The Kier molecular flexibility index (Phi) is 4.49. The van der Waals surface area contributed by atoms with Gasteiger partial charge in [-0.05, 0) is 11.5 Å². The number of aromatic nitrogens is 2. The molecule has 0 saturated heterocycles. The van der Waals surface area contributed by atoms with Crippen LogP contribution in [0.2, 0.25) is 5.02 Å². The number of aliphatic carboxylic acids is 1. The Balaban J connectivity index is 2.54. The van der Waals surface area contributed by atoms with Gasteiger partial charge in [-0.1, -0.05) is 44.1 Å². The third kappa shape index (κ3) is 3.89. The number of halogens is 2. The van der Waals surface area contributed by atoms with Crippen molar-refractivity contribution in [1.29, 1.82) is 0 Å². The van der Waals surface area contributed by atoms with Gasteiger partial charge in [0.15, 0.2) is 5.16 Å². The summed E-state index contributed by atoms with van der Waals surface area (Å²) in [6.45, 7) is 6.76. The molecule has 1 heterocycles. The second-order valence-corrected chi connectivity index (χ2v) is 7.33. The molecule has 0 atom stereocenters. The van der Waals surface area contributed by atoms with Crippen molar-refractivity contribution in [3.63, 3.8) is 0 Å². The van der Waals surface area contributed by atoms with E-state index in [1.165, 1.54) is 12.1 Å². The Bertz CT molecular complexity index is 694. The maximum Gasteiger partial charge on any atom is 0.313 e. The Morgan fingerprint density at radius 2 is 2.14 bits per heavy atom. The van der Waals surface area contributed by atoms with Crippen molar-refractivity contribution >= 4 is 40.4 Å². The normalized spacial score (nSPS) is 12.0. The maximum atomic E-state index is 13.7. The Labute approximate surface area is 131 Å². The van der Waals surface area contributed by atoms with Crippen LogP contribution < -0.4 is 0 Å². The van der Waals surface area contributed by atoms with Crippen LogP contribution in [0.3, 0.4) is 0 Å². The first-order valence-electron chi connectivity index (χ1n) is 6.37. The van der Waals surface area contributed by atoms with E-state index < -0.39 is 11.8 Å². The first-order chi connectivity index (χ1) is 9.67. The van der Waals surface area contributed by atoms with Gasteiger partial charge in [-0.2, -0.15) is 0 Å². The van der Waals surface area contributed by atoms with Crippen LogP contribution >= 0.6 is 23.4 Å². The molecule has 7 heteroatoms. The second-order valence-electron chi connectivity index (χ2n) is 5.98. The lowest BCUT2D eigenvalue weighted by Crippen LogP contribution is -2.16. The number of thioether (sulfide) groups is 1. The molecule has 0 radical (unpaired) electrons. The molecular weight excluding hydrogens is 315 g/mol. The summed E-state index contributed by atoms with van der Waals surface area (Å²) in [5.41, 5.74) is 1.14. The van der Waals surface area contributed by atoms with E-state index in [1.54, 1.807) is 0 Å². The van der Waals surface area contributed by atoms with E-state index in [9.17, 15) is 9.18 Å². The summed E-state index contributed by atoms with van der Waals surface area (Å²) in [5, 5.41) is 9.39. The molecule has 114 valence electrons. The number of rotatable bonds is 4. The minimum absolute atomic E-state index is 0.0118. The summed E-state index contributed by atoms with van der Waals surface area (Å²) >= 11 is 6.90. The third-order valence-electron chi connectivity index (χ3n) is 2.71. The lowest BCUT2D eigenvalue weighted by Gasteiger charge is -2.21. The molecule has 2 rings (SSSR count). The molecule has 0 aliphatic rings. The van der Waals surface area contributed by atoms with Gasteiger partial charge in [-0.15, -0.1) is 0 Å². The van der Waals surface area contributed by atoms with Gasteiger partial charge < -0.3 is 9.67 Å². The average molecular weight is 331 g/mol. The minimum Gasteiger partial charge on any atom is -0.481 e. The van der Waals surface area contributed by atoms with E-state index in [0.717, 1.165) is 11.8 Å². The van der Waals surface area contributed by atoms with Gasteiger partial charge in [0.1, 0.15) is 5.82 Å². The highest BCUT2D eigenvalue weighted by molar-refractivity contribution is 7.99. The topological polar surface area (TPSA) is 55.1 Å². The number of carboxylic acid groups (broad SMARTS) is 1. The zero-order valence-electron chi connectivity index (χ0n) is 12.0. The lowest BCUT2D eigenvalue weighted by atomic mass is 9.97. The van der Waals surface area contributed by atoms with Gasteiger partial charge in [-0.25, -0.2) is 9.37 Å². The molecule has 0 aliphatic carbocycles. The molecule has 0 unspecified atom stereocenters. The molecule has 0 saturated carbocycles. The highest BCUT2D eigenvalue weighted by Gasteiger charge is 2.20. The first-order valence-corrected chi connectivity index (χ1v) is 7.73. The molecule has 1 aromatic heterocycles. The predicted octanol–water partition coefficient (Wildman–Crippen LogP) is 4.05. The molecule has 0 bridgehead atoms. The van der Waals surface area contributed by atoms with Crippen LogP contribution in [0.5, 0.6) is 0 Å². The summed E-state index contributed by atoms with van der Waals surface area (Å²) < 4.78 is 15.6. The highest BCUT2D eigenvalue weighted by atomic mass is 35.5. The minimum atomic E-state index is -0.918. The van der Waals surface area contributed by atoms with Crippen molar-refractivity contribution in [3.05, 3.63) is 23.0 Å². The lowest BCUT2D eigenvalue weighted by molar-refractivity contribution is -0.133. The molecular formula is C14H16ClFN2O2S. The summed E-state index contributed by atoms with van der Waals surface area (Å²) in [5.74, 6) is -1.52. The van der Waals surface area contributed by atoms with Gasteiger partial charge in [-0.3, -0.25) is 4.79 Å². The maximum absolute atomic E-state index is 13.7. The molecule has 0 fully saturated rings. The molecule has 0 amide bonds. The van der Waals surface area contributed by atoms with E-state index in [4.69, 9.17) is 16.7 Å². The number of carbonyl (C=O) groups is 1. The van der Waals surface area contributed by atoms with Crippen molar-refractivity contribution < 1.29 is 14.3 Å². The zero-order chi connectivity index (χ0) is 15.8. The average Bonchev–Trinajstić information content (AvgIpc) is 2.63. The number of imidazole rings is 1. The first kappa shape index (κ1) is 16.1. The van der Waals surface area contributed by atoms with Crippen LogP contribution in [0.25, 0.3) is 11.0 Å². The van der Waals surface area contributed by atoms with E-state index in [0.29, 0.717) is 22.7 Å². The van der Waals surface area contributed by atoms with Crippen molar-refractivity contribution in [2.45, 2.75) is 32.5 Å². The third-order valence-corrected chi connectivity index (χ3v) is 3.96. The quantitative estimate of drug-likeness (QED) is 0.859. The number of hydrogen-bond acceptors (Lipinski definition) is 3. The summed E-state index contributed by atoms with van der Waals surface area (Å²) in [6, 6.07) is 2.82. The largest absolute Gasteiger partial charge is 0.481 e. The number of carboxylic acids is 1. The van der Waals surface area contributed by atoms with Gasteiger partial charge in [0.05, 0.1) is 21.8 Å². The van der Waals surface area contributed by atoms with Crippen molar-refractivity contribution in [1.82, 2.24) is 9.55 Å². The fourth-order valence-electron chi connectivity index (χ4n) is 1.96. The van der Waals surface area contributed by atoms with Crippen LogP contribution in [0.1, 0.15) is 20.8 Å². The van der Waals surface area contributed by atoms with Crippen LogP contribution in [-0.2, 0) is 11.3 Å². The smallest absolute Gasteiger partial charge is 0.313 e. The van der Waals surface area contributed by atoms with Crippen LogP contribution in [0.15, 0.2) is 17.3 Å². The Morgan fingerprint density at radius 1 is 1.48 bits per heavy atom. The summed E-state index contributed by atoms with van der Waals surface area (Å²) in [4.78, 5) is 15.1. The Hall–Kier alpha value is -1.27. The van der Waals surface area contributed by atoms with E-state index in [1.807, 2.05) is 4.57 Å². The fraction of sp³-hybridized carbons (Fsp3) is 0.429.